The van der Waals surface area contributed by atoms with Crippen LogP contribution < -0.4 is 5.32 Å². The molecule has 0 saturated carbocycles. The molecule has 3 unspecified atom stereocenters. The van der Waals surface area contributed by atoms with Crippen LogP contribution in [0, 0.1) is 0 Å². The maximum absolute atomic E-state index is 13.0. The molecule has 1 heterocycles. The fourth-order valence-electron chi connectivity index (χ4n) is 7.93. The molecule has 0 spiro atoms. The topological polar surface area (TPSA) is 244 Å². The molecule has 14 nitrogen and oxygen atoms in total. The Morgan fingerprint density at radius 2 is 0.968 bits per heavy atom. The van der Waals surface area contributed by atoms with Crippen LogP contribution in [-0.2, 0) is 24.7 Å². The molecule has 1 rings (SSSR count). The third-order valence-electron chi connectivity index (χ3n) is 12.0. The molecule has 63 heavy (non-hydrogen) atoms. The van der Waals surface area contributed by atoms with E-state index < -0.39 is 71.9 Å². The molecule has 1 fully saturated rings. The van der Waals surface area contributed by atoms with Crippen LogP contribution in [-0.4, -0.2) is 116 Å². The van der Waals surface area contributed by atoms with Gasteiger partial charge in [-0.15, -0.1) is 0 Å². The predicted octanol–water partition coefficient (Wildman–Crippen LogP) is 8.83. The Morgan fingerprint density at radius 3 is 1.35 bits per heavy atom. The summed E-state index contributed by atoms with van der Waals surface area (Å²) >= 11 is 0. The van der Waals surface area contributed by atoms with E-state index >= 15 is 0 Å². The molecular weight excluding hydrogens is 831 g/mol. The quantitative estimate of drug-likeness (QED) is 0.0158. The number of amides is 1. The highest BCUT2D eigenvalue weighted by Gasteiger charge is 2.44. The molecule has 0 bridgehead atoms. The zero-order chi connectivity index (χ0) is 47.0. The molecule has 15 heteroatoms. The number of unbranched alkanes of at least 4 members (excludes halogenated alkanes) is 30. The van der Waals surface area contributed by atoms with Crippen molar-refractivity contribution in [2.24, 2.45) is 0 Å². The van der Waals surface area contributed by atoms with E-state index in [0.717, 1.165) is 44.9 Å². The number of aliphatic hydroxyl groups excluding tert-OH is 6. The smallest absolute Gasteiger partial charge is 0.394 e. The fourth-order valence-corrected chi connectivity index (χ4v) is 7.93. The minimum Gasteiger partial charge on any atom is -0.394 e. The highest BCUT2D eigenvalue weighted by molar-refractivity contribution is 7.79. The van der Waals surface area contributed by atoms with E-state index in [1.807, 2.05) is 6.08 Å². The average Bonchev–Trinajstić information content (AvgIpc) is 3.24. The van der Waals surface area contributed by atoms with Crippen LogP contribution in [0.2, 0.25) is 0 Å². The number of hydrogen-bond acceptors (Lipinski definition) is 11. The van der Waals surface area contributed by atoms with Crippen LogP contribution in [0.25, 0.3) is 0 Å². The van der Waals surface area contributed by atoms with Crippen LogP contribution in [0.4, 0.5) is 0 Å². The number of ether oxygens (including phenoxy) is 2. The SMILES string of the molecule is CCCCCCCCCCCCC/C=C/C(O)C(CO[C@@H]1O[C@H](CO)[C@H](O)[C@H](O)[C@H]1O)NC(=O)C(O)CCCCCCCCCCCCCCCCCCCCCC.O=S(=O)(O)O. The standard InChI is InChI=1S/C48H93NO9.H2O4S/c1-3-5-7-9-11-13-15-17-18-19-20-21-22-23-25-27-29-31-33-35-37-42(52)47(56)49-40(39-57-48-46(55)45(54)44(53)43(38-50)58-48)41(51)36-34-32-30-28-26-24-16-14-12-10-8-6-4-2;1-5(2,3)4/h34,36,40-46,48,50-55H,3-33,35,37-39H2,1-2H3,(H,49,56);(H2,1,2,3,4)/b36-34+;/t40?,41?,42?,43-,44+,45+,46-,48-;/m1./s1. The highest BCUT2D eigenvalue weighted by atomic mass is 32.3. The first-order chi connectivity index (χ1) is 30.3. The van der Waals surface area contributed by atoms with Gasteiger partial charge in [0.2, 0.25) is 5.91 Å². The molecule has 376 valence electrons. The Bertz CT molecular complexity index is 1150. The van der Waals surface area contributed by atoms with Crippen molar-refractivity contribution in [2.45, 2.75) is 275 Å². The summed E-state index contributed by atoms with van der Waals surface area (Å²) in [5.41, 5.74) is 0. The second-order valence-corrected chi connectivity index (χ2v) is 18.8. The van der Waals surface area contributed by atoms with Crippen LogP contribution in [0.15, 0.2) is 12.2 Å². The zero-order valence-corrected chi connectivity index (χ0v) is 40.4. The van der Waals surface area contributed by atoms with E-state index in [-0.39, 0.29) is 6.61 Å². The third-order valence-corrected chi connectivity index (χ3v) is 12.0. The van der Waals surface area contributed by atoms with Crippen molar-refractivity contribution < 1.29 is 62.4 Å². The summed E-state index contributed by atoms with van der Waals surface area (Å²) in [6.07, 6.45) is 34.4. The number of carbonyl (C=O) groups is 1. The van der Waals surface area contributed by atoms with E-state index in [9.17, 15) is 35.4 Å². The monoisotopic (exact) mass is 926 g/mol. The van der Waals surface area contributed by atoms with Crippen molar-refractivity contribution in [3.8, 4) is 0 Å². The first-order valence-corrected chi connectivity index (χ1v) is 26.6. The number of rotatable bonds is 41. The molecule has 0 aromatic carbocycles. The van der Waals surface area contributed by atoms with Crippen molar-refractivity contribution in [2.75, 3.05) is 13.2 Å². The molecule has 1 aliphatic rings. The number of allylic oxidation sites excluding steroid dienone is 1. The summed E-state index contributed by atoms with van der Waals surface area (Å²) in [6.45, 7) is 3.62. The number of aliphatic hydroxyl groups is 6. The lowest BCUT2D eigenvalue weighted by atomic mass is 9.99. The Morgan fingerprint density at radius 1 is 0.603 bits per heavy atom. The normalized spacial score (nSPS) is 20.6. The number of hydrogen-bond donors (Lipinski definition) is 9. The van der Waals surface area contributed by atoms with Gasteiger partial charge in [-0.3, -0.25) is 13.9 Å². The largest absolute Gasteiger partial charge is 0.394 e. The molecule has 0 aromatic heterocycles. The lowest BCUT2D eigenvalue weighted by molar-refractivity contribution is -0.302. The van der Waals surface area contributed by atoms with E-state index in [1.165, 1.54) is 161 Å². The van der Waals surface area contributed by atoms with Crippen LogP contribution in [0.3, 0.4) is 0 Å². The van der Waals surface area contributed by atoms with E-state index in [0.29, 0.717) is 6.42 Å². The third kappa shape index (κ3) is 37.5. The van der Waals surface area contributed by atoms with Crippen molar-refractivity contribution in [1.82, 2.24) is 5.32 Å². The van der Waals surface area contributed by atoms with Crippen LogP contribution >= 0.6 is 0 Å². The molecule has 1 amide bonds. The summed E-state index contributed by atoms with van der Waals surface area (Å²) in [6, 6.07) is -0.974. The van der Waals surface area contributed by atoms with Crippen molar-refractivity contribution in [3.05, 3.63) is 12.2 Å². The number of nitrogens with one attached hydrogen (secondary N) is 1. The van der Waals surface area contributed by atoms with Gasteiger partial charge >= 0.3 is 10.4 Å². The summed E-state index contributed by atoms with van der Waals surface area (Å²) in [5, 5.41) is 64.7. The summed E-state index contributed by atoms with van der Waals surface area (Å²) in [4.78, 5) is 13.0. The van der Waals surface area contributed by atoms with Gasteiger partial charge in [0, 0.05) is 0 Å². The Kier molecular flexibility index (Phi) is 41.3. The minimum absolute atomic E-state index is 0.301. The van der Waals surface area contributed by atoms with Crippen molar-refractivity contribution in [1.29, 1.82) is 0 Å². The maximum Gasteiger partial charge on any atom is 0.394 e. The summed E-state index contributed by atoms with van der Waals surface area (Å²) in [5.74, 6) is -0.613. The van der Waals surface area contributed by atoms with Gasteiger partial charge < -0.3 is 45.4 Å². The average molecular weight is 926 g/mol. The van der Waals surface area contributed by atoms with Crippen LogP contribution in [0.1, 0.15) is 226 Å². The molecular formula is C48H95NO13S. The summed E-state index contributed by atoms with van der Waals surface area (Å²) < 4.78 is 42.7. The van der Waals surface area contributed by atoms with Crippen molar-refractivity contribution >= 4 is 16.3 Å². The van der Waals surface area contributed by atoms with E-state index in [1.54, 1.807) is 6.08 Å². The van der Waals surface area contributed by atoms with Crippen LogP contribution in [0.5, 0.6) is 0 Å². The van der Waals surface area contributed by atoms with Gasteiger partial charge in [0.05, 0.1) is 25.4 Å². The van der Waals surface area contributed by atoms with E-state index in [4.69, 9.17) is 27.0 Å². The lowest BCUT2D eigenvalue weighted by Gasteiger charge is -2.40. The minimum atomic E-state index is -4.67. The predicted molar refractivity (Wildman–Crippen MR) is 251 cm³/mol. The summed E-state index contributed by atoms with van der Waals surface area (Å²) in [7, 11) is -4.67. The second-order valence-electron chi connectivity index (χ2n) is 17.9. The second kappa shape index (κ2) is 42.1. The zero-order valence-electron chi connectivity index (χ0n) is 39.5. The molecule has 1 aliphatic heterocycles. The van der Waals surface area contributed by atoms with Gasteiger partial charge in [-0.05, 0) is 19.3 Å². The van der Waals surface area contributed by atoms with Gasteiger partial charge in [-0.2, -0.15) is 8.42 Å². The molecule has 0 aliphatic carbocycles. The molecule has 1 saturated heterocycles. The molecule has 9 N–H and O–H groups in total. The maximum atomic E-state index is 13.0. The molecule has 0 aromatic rings. The molecule has 0 radical (unpaired) electrons. The Labute approximate surface area is 383 Å². The van der Waals surface area contributed by atoms with Gasteiger partial charge in [-0.25, -0.2) is 0 Å². The Balaban J connectivity index is 0.00000723. The van der Waals surface area contributed by atoms with Gasteiger partial charge in [-0.1, -0.05) is 219 Å². The van der Waals surface area contributed by atoms with Gasteiger partial charge in [0.25, 0.3) is 0 Å². The Hall–Kier alpha value is -1.24. The fraction of sp³-hybridized carbons (Fsp3) is 0.938. The van der Waals surface area contributed by atoms with E-state index in [2.05, 4.69) is 19.2 Å². The van der Waals surface area contributed by atoms with Gasteiger partial charge in [0.1, 0.15) is 30.5 Å². The first kappa shape index (κ1) is 61.8. The number of carbonyl (C=O) groups excluding carboxylic acids is 1. The molecule has 8 atom stereocenters. The van der Waals surface area contributed by atoms with Crippen molar-refractivity contribution in [3.63, 3.8) is 0 Å². The highest BCUT2D eigenvalue weighted by Crippen LogP contribution is 2.23. The van der Waals surface area contributed by atoms with Gasteiger partial charge in [0.15, 0.2) is 6.29 Å². The lowest BCUT2D eigenvalue weighted by Crippen LogP contribution is -2.60. The first-order valence-electron chi connectivity index (χ1n) is 25.2.